The van der Waals surface area contributed by atoms with E-state index in [2.05, 4.69) is 47.3 Å². The molecule has 0 radical (unpaired) electrons. The second-order valence-electron chi connectivity index (χ2n) is 5.56. The molecule has 0 aliphatic carbocycles. The number of nitrogens with zero attached hydrogens (tertiary/aromatic N) is 2. The minimum Gasteiger partial charge on any atom is -0.345 e. The Morgan fingerprint density at radius 2 is 2.26 bits per heavy atom. The fraction of sp³-hybridized carbons (Fsp3) is 0.312. The fourth-order valence-electron chi connectivity index (χ4n) is 3.36. The van der Waals surface area contributed by atoms with Crippen LogP contribution < -0.4 is 5.32 Å². The van der Waals surface area contributed by atoms with Crippen molar-refractivity contribution in [3.63, 3.8) is 0 Å². The Hall–Kier alpha value is -2.05. The van der Waals surface area contributed by atoms with Crippen LogP contribution in [-0.4, -0.2) is 17.2 Å². The maximum Gasteiger partial charge on any atom is 0.0998 e. The lowest BCUT2D eigenvalue weighted by Crippen LogP contribution is -2.42. The first kappa shape index (κ1) is 10.8. The molecule has 1 aromatic heterocycles. The highest BCUT2D eigenvalue weighted by molar-refractivity contribution is 5.97. The third-order valence-corrected chi connectivity index (χ3v) is 4.26. The Bertz CT molecular complexity index is 745. The number of fused-ring (bicyclic) bond motifs is 2. The molecule has 0 spiro atoms. The zero-order valence-electron chi connectivity index (χ0n) is 10.9. The largest absolute Gasteiger partial charge is 0.345 e. The van der Waals surface area contributed by atoms with Gasteiger partial charge in [0.2, 0.25) is 0 Å². The molecule has 0 saturated heterocycles. The van der Waals surface area contributed by atoms with Crippen molar-refractivity contribution in [1.29, 1.82) is 5.26 Å². The number of aromatic nitrogens is 1. The fourth-order valence-corrected chi connectivity index (χ4v) is 3.36. The predicted molar refractivity (Wildman–Crippen MR) is 75.6 cm³/mol. The van der Waals surface area contributed by atoms with Crippen LogP contribution in [0.25, 0.3) is 16.5 Å². The van der Waals surface area contributed by atoms with E-state index < -0.39 is 0 Å². The Morgan fingerprint density at radius 1 is 1.37 bits per heavy atom. The van der Waals surface area contributed by atoms with Crippen molar-refractivity contribution in [3.05, 3.63) is 41.6 Å². The molecule has 1 aromatic carbocycles. The third-order valence-electron chi connectivity index (χ3n) is 4.26. The van der Waals surface area contributed by atoms with Crippen molar-refractivity contribution in [2.75, 3.05) is 6.54 Å². The van der Waals surface area contributed by atoms with Crippen molar-refractivity contribution in [2.24, 2.45) is 5.92 Å². The summed E-state index contributed by atoms with van der Waals surface area (Å²) < 4.78 is 2.27. The molecule has 4 rings (SSSR count). The van der Waals surface area contributed by atoms with E-state index in [-0.39, 0.29) is 0 Å². The van der Waals surface area contributed by atoms with Gasteiger partial charge in [0.25, 0.3) is 0 Å². The van der Waals surface area contributed by atoms with Crippen LogP contribution in [0.5, 0.6) is 0 Å². The number of hydrogen-bond acceptors (Lipinski definition) is 2. The molecule has 2 aliphatic rings. The number of rotatable bonds is 0. The van der Waals surface area contributed by atoms with E-state index >= 15 is 0 Å². The first-order chi connectivity index (χ1) is 9.28. The highest BCUT2D eigenvalue weighted by atomic mass is 15.1. The molecule has 3 nitrogen and oxygen atoms in total. The van der Waals surface area contributed by atoms with Crippen LogP contribution >= 0.6 is 0 Å². The van der Waals surface area contributed by atoms with Crippen LogP contribution in [0.4, 0.5) is 0 Å². The molecule has 0 saturated carbocycles. The summed E-state index contributed by atoms with van der Waals surface area (Å²) in [6.45, 7) is 4.25. The van der Waals surface area contributed by atoms with Gasteiger partial charge in [0.15, 0.2) is 0 Å². The van der Waals surface area contributed by atoms with E-state index in [0.717, 1.165) is 24.0 Å². The van der Waals surface area contributed by atoms with E-state index in [1.54, 1.807) is 0 Å². The van der Waals surface area contributed by atoms with Gasteiger partial charge in [-0.05, 0) is 23.6 Å². The summed E-state index contributed by atoms with van der Waals surface area (Å²) in [7, 11) is 0. The summed E-state index contributed by atoms with van der Waals surface area (Å²) in [6.07, 6.45) is 4.49. The maximum atomic E-state index is 9.21. The van der Waals surface area contributed by atoms with Gasteiger partial charge >= 0.3 is 0 Å². The second kappa shape index (κ2) is 3.72. The summed E-state index contributed by atoms with van der Waals surface area (Å²) in [5.74, 6) is 0.568. The minimum absolute atomic E-state index is 0.409. The molecule has 0 bridgehead atoms. The van der Waals surface area contributed by atoms with Gasteiger partial charge in [-0.2, -0.15) is 5.26 Å². The van der Waals surface area contributed by atoms with Crippen LogP contribution in [0.1, 0.15) is 18.1 Å². The van der Waals surface area contributed by atoms with E-state index in [1.165, 1.54) is 16.7 Å². The summed E-state index contributed by atoms with van der Waals surface area (Å²) in [4.78, 5) is 0. The molecule has 3 heterocycles. The predicted octanol–water partition coefficient (Wildman–Crippen LogP) is 2.52. The molecule has 2 aromatic rings. The van der Waals surface area contributed by atoms with Crippen molar-refractivity contribution >= 4 is 16.5 Å². The summed E-state index contributed by atoms with van der Waals surface area (Å²) in [6, 6.07) is 8.82. The summed E-state index contributed by atoms with van der Waals surface area (Å²) in [5, 5.41) is 13.9. The SMILES string of the molecule is CC1C=C2c3ccc(C#N)c4ccn(c34)CC2NC1. The highest BCUT2D eigenvalue weighted by Gasteiger charge is 2.28. The van der Waals surface area contributed by atoms with Gasteiger partial charge in [-0.1, -0.05) is 19.1 Å². The van der Waals surface area contributed by atoms with Crippen LogP contribution in [0.15, 0.2) is 30.5 Å². The van der Waals surface area contributed by atoms with Gasteiger partial charge < -0.3 is 9.88 Å². The first-order valence-corrected chi connectivity index (χ1v) is 6.75. The normalized spacial score (nSPS) is 24.7. The van der Waals surface area contributed by atoms with Crippen molar-refractivity contribution in [2.45, 2.75) is 19.5 Å². The molecule has 0 amide bonds. The molecular weight excluding hydrogens is 234 g/mol. The Kier molecular flexibility index (Phi) is 2.12. The molecule has 19 heavy (non-hydrogen) atoms. The summed E-state index contributed by atoms with van der Waals surface area (Å²) in [5.41, 5.74) is 4.68. The smallest absolute Gasteiger partial charge is 0.0998 e. The Labute approximate surface area is 112 Å². The molecule has 94 valence electrons. The summed E-state index contributed by atoms with van der Waals surface area (Å²) >= 11 is 0. The van der Waals surface area contributed by atoms with Crippen molar-refractivity contribution < 1.29 is 0 Å². The van der Waals surface area contributed by atoms with Crippen LogP contribution in [-0.2, 0) is 6.54 Å². The van der Waals surface area contributed by atoms with Crippen LogP contribution in [0.2, 0.25) is 0 Å². The lowest BCUT2D eigenvalue weighted by Gasteiger charge is -2.33. The van der Waals surface area contributed by atoms with Gasteiger partial charge in [-0.15, -0.1) is 0 Å². The van der Waals surface area contributed by atoms with E-state index in [0.29, 0.717) is 12.0 Å². The van der Waals surface area contributed by atoms with Gasteiger partial charge in [-0.3, -0.25) is 0 Å². The van der Waals surface area contributed by atoms with Crippen molar-refractivity contribution in [1.82, 2.24) is 9.88 Å². The Balaban J connectivity index is 2.05. The number of hydrogen-bond donors (Lipinski definition) is 1. The lowest BCUT2D eigenvalue weighted by molar-refractivity contribution is 0.472. The average Bonchev–Trinajstić information content (AvgIpc) is 2.85. The van der Waals surface area contributed by atoms with Gasteiger partial charge in [0.05, 0.1) is 23.2 Å². The number of nitriles is 1. The lowest BCUT2D eigenvalue weighted by atomic mass is 9.87. The number of benzene rings is 1. The van der Waals surface area contributed by atoms with Crippen LogP contribution in [0.3, 0.4) is 0 Å². The molecule has 2 unspecified atom stereocenters. The molecular formula is C16H15N3. The minimum atomic E-state index is 0.409. The van der Waals surface area contributed by atoms with Gasteiger partial charge in [-0.25, -0.2) is 0 Å². The van der Waals surface area contributed by atoms with E-state index in [1.807, 2.05) is 6.07 Å². The molecule has 3 heteroatoms. The topological polar surface area (TPSA) is 40.8 Å². The Morgan fingerprint density at radius 3 is 3.11 bits per heavy atom. The maximum absolute atomic E-state index is 9.21. The van der Waals surface area contributed by atoms with Gasteiger partial charge in [0.1, 0.15) is 0 Å². The molecule has 0 fully saturated rings. The molecule has 2 atom stereocenters. The standard InChI is InChI=1S/C16H15N3/c1-10-6-14-13-3-2-11(7-17)12-4-5-19(16(12)13)9-15(14)18-8-10/h2-6,10,15,18H,8-9H2,1H3. The first-order valence-electron chi connectivity index (χ1n) is 6.75. The highest BCUT2D eigenvalue weighted by Crippen LogP contribution is 2.36. The van der Waals surface area contributed by atoms with E-state index in [9.17, 15) is 5.26 Å². The molecule has 1 N–H and O–H groups in total. The van der Waals surface area contributed by atoms with Crippen LogP contribution in [0, 0.1) is 17.2 Å². The van der Waals surface area contributed by atoms with Crippen molar-refractivity contribution in [3.8, 4) is 6.07 Å². The monoisotopic (exact) mass is 249 g/mol. The molecule has 2 aliphatic heterocycles. The average molecular weight is 249 g/mol. The third kappa shape index (κ3) is 1.41. The number of nitrogens with one attached hydrogen (secondary N) is 1. The van der Waals surface area contributed by atoms with Gasteiger partial charge in [0, 0.05) is 30.2 Å². The zero-order chi connectivity index (χ0) is 13.0. The second-order valence-corrected chi connectivity index (χ2v) is 5.56. The van der Waals surface area contributed by atoms with E-state index in [4.69, 9.17) is 0 Å². The quantitative estimate of drug-likeness (QED) is 0.779. The zero-order valence-corrected chi connectivity index (χ0v) is 10.9.